The average molecular weight is 528 g/mol. The van der Waals surface area contributed by atoms with Crippen LogP contribution in [0, 0.1) is 5.92 Å². The lowest BCUT2D eigenvalue weighted by Crippen LogP contribution is -2.31. The van der Waals surface area contributed by atoms with Crippen molar-refractivity contribution in [3.63, 3.8) is 0 Å². The Labute approximate surface area is 228 Å². The molecule has 0 aliphatic carbocycles. The van der Waals surface area contributed by atoms with E-state index in [0.29, 0.717) is 67.1 Å². The van der Waals surface area contributed by atoms with Gasteiger partial charge in [0.05, 0.1) is 18.2 Å². The van der Waals surface area contributed by atoms with Crippen LogP contribution in [-0.4, -0.2) is 48.1 Å². The SMILES string of the molecule is CC(C)CCOc1cccc([C@@H]2C(=C(O)c3ccc4c(c3)OCCO4)C(=O)C(=O)N2CCc2ccccc2)c1. The van der Waals surface area contributed by atoms with Gasteiger partial charge in [0.15, 0.2) is 11.5 Å². The van der Waals surface area contributed by atoms with Gasteiger partial charge in [-0.1, -0.05) is 56.3 Å². The summed E-state index contributed by atoms with van der Waals surface area (Å²) in [5, 5.41) is 11.5. The number of hydrogen-bond donors (Lipinski definition) is 1. The number of carbonyl (C=O) groups excluding carboxylic acids is 2. The third-order valence-corrected chi connectivity index (χ3v) is 6.98. The largest absolute Gasteiger partial charge is 0.507 e. The van der Waals surface area contributed by atoms with Gasteiger partial charge in [-0.3, -0.25) is 9.59 Å². The first-order valence-corrected chi connectivity index (χ1v) is 13.4. The van der Waals surface area contributed by atoms with E-state index in [-0.39, 0.29) is 11.3 Å². The molecule has 1 amide bonds. The molecule has 7 heteroatoms. The summed E-state index contributed by atoms with van der Waals surface area (Å²) in [5.74, 6) is 0.617. The second kappa shape index (κ2) is 11.6. The van der Waals surface area contributed by atoms with Gasteiger partial charge in [-0.05, 0) is 60.2 Å². The molecule has 1 saturated heterocycles. The van der Waals surface area contributed by atoms with E-state index < -0.39 is 17.7 Å². The highest BCUT2D eigenvalue weighted by atomic mass is 16.6. The molecule has 0 unspecified atom stereocenters. The summed E-state index contributed by atoms with van der Waals surface area (Å²) in [5.41, 5.74) is 2.18. The van der Waals surface area contributed by atoms with E-state index in [1.54, 1.807) is 23.1 Å². The van der Waals surface area contributed by atoms with Crippen molar-refractivity contribution in [1.82, 2.24) is 4.90 Å². The summed E-state index contributed by atoms with van der Waals surface area (Å²) in [4.78, 5) is 28.4. The Morgan fingerprint density at radius 2 is 1.74 bits per heavy atom. The summed E-state index contributed by atoms with van der Waals surface area (Å²) in [6.45, 7) is 5.99. The van der Waals surface area contributed by atoms with Gasteiger partial charge in [0, 0.05) is 12.1 Å². The van der Waals surface area contributed by atoms with E-state index in [1.165, 1.54) is 0 Å². The van der Waals surface area contributed by atoms with E-state index in [2.05, 4.69) is 13.8 Å². The third kappa shape index (κ3) is 5.77. The van der Waals surface area contributed by atoms with Crippen LogP contribution < -0.4 is 14.2 Å². The minimum Gasteiger partial charge on any atom is -0.507 e. The molecule has 2 aliphatic rings. The van der Waals surface area contributed by atoms with Crippen molar-refractivity contribution >= 4 is 17.4 Å². The van der Waals surface area contributed by atoms with Crippen LogP contribution in [0.4, 0.5) is 0 Å². The number of ether oxygens (including phenoxy) is 3. The van der Waals surface area contributed by atoms with Crippen molar-refractivity contribution in [2.75, 3.05) is 26.4 Å². The summed E-state index contributed by atoms with van der Waals surface area (Å²) < 4.78 is 17.3. The minimum absolute atomic E-state index is 0.0454. The maximum absolute atomic E-state index is 13.4. The molecular formula is C32H33NO6. The van der Waals surface area contributed by atoms with Gasteiger partial charge >= 0.3 is 0 Å². The third-order valence-electron chi connectivity index (χ3n) is 6.98. The number of amides is 1. The molecule has 1 N–H and O–H groups in total. The standard InChI is InChI=1S/C32H33NO6/c1-21(2)14-16-37-25-10-6-9-23(19-25)29-28(30(34)24-11-12-26-27(20-24)39-18-17-38-26)31(35)32(36)33(29)15-13-22-7-4-3-5-8-22/h3-12,19-21,29,34H,13-18H2,1-2H3/t29-/m1/s1. The molecule has 3 aromatic rings. The summed E-state index contributed by atoms with van der Waals surface area (Å²) in [6.07, 6.45) is 1.48. The van der Waals surface area contributed by atoms with Gasteiger partial charge in [-0.2, -0.15) is 0 Å². The zero-order valence-electron chi connectivity index (χ0n) is 22.3. The van der Waals surface area contributed by atoms with Gasteiger partial charge in [0.1, 0.15) is 24.7 Å². The molecule has 2 heterocycles. The van der Waals surface area contributed by atoms with Crippen LogP contribution >= 0.6 is 0 Å². The average Bonchev–Trinajstić information content (AvgIpc) is 3.21. The minimum atomic E-state index is -0.768. The van der Waals surface area contributed by atoms with E-state index in [9.17, 15) is 14.7 Å². The Morgan fingerprint density at radius 3 is 2.51 bits per heavy atom. The number of fused-ring (bicyclic) bond motifs is 1. The molecule has 0 radical (unpaired) electrons. The molecule has 0 bridgehead atoms. The number of likely N-dealkylation sites (tertiary alicyclic amines) is 1. The van der Waals surface area contributed by atoms with Crippen LogP contribution in [0.25, 0.3) is 5.76 Å². The number of benzene rings is 3. The zero-order valence-corrected chi connectivity index (χ0v) is 22.3. The predicted molar refractivity (Wildman–Crippen MR) is 148 cm³/mol. The number of hydrogen-bond acceptors (Lipinski definition) is 6. The first kappa shape index (κ1) is 26.4. The van der Waals surface area contributed by atoms with E-state index >= 15 is 0 Å². The summed E-state index contributed by atoms with van der Waals surface area (Å²) >= 11 is 0. The van der Waals surface area contributed by atoms with Crippen molar-refractivity contribution < 1.29 is 28.9 Å². The Morgan fingerprint density at radius 1 is 0.974 bits per heavy atom. The van der Waals surface area contributed by atoms with Crippen LogP contribution in [0.2, 0.25) is 0 Å². The molecule has 3 aromatic carbocycles. The van der Waals surface area contributed by atoms with E-state index in [0.717, 1.165) is 12.0 Å². The lowest BCUT2D eigenvalue weighted by Gasteiger charge is -2.26. The molecule has 1 atom stereocenters. The first-order chi connectivity index (χ1) is 18.9. The molecule has 2 aliphatic heterocycles. The molecule has 0 spiro atoms. The predicted octanol–water partition coefficient (Wildman–Crippen LogP) is 5.55. The Balaban J connectivity index is 1.54. The lowest BCUT2D eigenvalue weighted by atomic mass is 9.95. The maximum atomic E-state index is 13.4. The molecule has 39 heavy (non-hydrogen) atoms. The van der Waals surface area contributed by atoms with Crippen molar-refractivity contribution in [3.8, 4) is 17.2 Å². The summed E-state index contributed by atoms with van der Waals surface area (Å²) in [7, 11) is 0. The van der Waals surface area contributed by atoms with E-state index in [1.807, 2.05) is 54.6 Å². The number of aliphatic hydroxyl groups excluding tert-OH is 1. The molecule has 5 rings (SSSR count). The van der Waals surface area contributed by atoms with Crippen molar-refractivity contribution in [2.24, 2.45) is 5.92 Å². The fourth-order valence-corrected chi connectivity index (χ4v) is 4.88. The van der Waals surface area contributed by atoms with Crippen molar-refractivity contribution in [1.29, 1.82) is 0 Å². The number of carbonyl (C=O) groups is 2. The van der Waals surface area contributed by atoms with Gasteiger partial charge in [-0.15, -0.1) is 0 Å². The fourth-order valence-electron chi connectivity index (χ4n) is 4.88. The molecular weight excluding hydrogens is 494 g/mol. The van der Waals surface area contributed by atoms with E-state index in [4.69, 9.17) is 14.2 Å². The molecule has 0 aromatic heterocycles. The van der Waals surface area contributed by atoms with Gasteiger partial charge in [-0.25, -0.2) is 0 Å². The topological polar surface area (TPSA) is 85.3 Å². The maximum Gasteiger partial charge on any atom is 0.295 e. The highest BCUT2D eigenvalue weighted by Crippen LogP contribution is 2.41. The van der Waals surface area contributed by atoms with Crippen LogP contribution in [0.15, 0.2) is 78.4 Å². The van der Waals surface area contributed by atoms with Crippen molar-refractivity contribution in [2.45, 2.75) is 32.7 Å². The highest BCUT2D eigenvalue weighted by Gasteiger charge is 2.46. The number of nitrogens with zero attached hydrogens (tertiary/aromatic N) is 1. The van der Waals surface area contributed by atoms with Crippen LogP contribution in [-0.2, 0) is 16.0 Å². The highest BCUT2D eigenvalue weighted by molar-refractivity contribution is 6.46. The number of ketones is 1. The monoisotopic (exact) mass is 527 g/mol. The molecule has 7 nitrogen and oxygen atoms in total. The molecule has 202 valence electrons. The molecule has 0 saturated carbocycles. The number of Topliss-reactive ketones (excluding diaryl/α,β-unsaturated/α-hetero) is 1. The normalized spacial score (nSPS) is 18.0. The molecule has 1 fully saturated rings. The second-order valence-electron chi connectivity index (χ2n) is 10.2. The van der Waals surface area contributed by atoms with Gasteiger partial charge in [0.2, 0.25) is 0 Å². The van der Waals surface area contributed by atoms with Crippen LogP contribution in [0.1, 0.15) is 43.0 Å². The van der Waals surface area contributed by atoms with Crippen molar-refractivity contribution in [3.05, 3.63) is 95.1 Å². The quantitative estimate of drug-likeness (QED) is 0.223. The zero-order chi connectivity index (χ0) is 27.4. The fraction of sp³-hybridized carbons (Fsp3) is 0.312. The number of aliphatic hydroxyl groups is 1. The Hall–Kier alpha value is -4.26. The van der Waals surface area contributed by atoms with Gasteiger partial charge < -0.3 is 24.2 Å². The van der Waals surface area contributed by atoms with Crippen LogP contribution in [0.5, 0.6) is 17.2 Å². The second-order valence-corrected chi connectivity index (χ2v) is 10.2. The first-order valence-electron chi connectivity index (χ1n) is 13.4. The Kier molecular flexibility index (Phi) is 7.87. The van der Waals surface area contributed by atoms with Crippen LogP contribution in [0.3, 0.4) is 0 Å². The smallest absolute Gasteiger partial charge is 0.295 e. The summed E-state index contributed by atoms with van der Waals surface area (Å²) in [6, 6.07) is 21.5. The van der Waals surface area contributed by atoms with Gasteiger partial charge in [0.25, 0.3) is 11.7 Å². The number of rotatable bonds is 9. The Bertz CT molecular complexity index is 1380. The lowest BCUT2D eigenvalue weighted by molar-refractivity contribution is -0.139.